The maximum atomic E-state index is 6.56. The van der Waals surface area contributed by atoms with Gasteiger partial charge in [-0.1, -0.05) is 91.0 Å². The largest absolute Gasteiger partial charge is 0.398 e. The van der Waals surface area contributed by atoms with Gasteiger partial charge in [0.1, 0.15) is 0 Å². The maximum Gasteiger partial charge on any atom is 0.0468 e. The smallest absolute Gasteiger partial charge is 0.0468 e. The van der Waals surface area contributed by atoms with Crippen molar-refractivity contribution in [2.45, 2.75) is 0 Å². The van der Waals surface area contributed by atoms with Crippen molar-refractivity contribution in [3.63, 3.8) is 0 Å². The first-order valence-corrected chi connectivity index (χ1v) is 12.9. The second-order valence-electron chi connectivity index (χ2n) is 9.67. The summed E-state index contributed by atoms with van der Waals surface area (Å²) in [6, 6.07) is 51.5. The summed E-state index contributed by atoms with van der Waals surface area (Å²) in [5, 5.41) is 7.10. The van der Waals surface area contributed by atoms with Crippen LogP contribution in [0.15, 0.2) is 146 Å². The molecule has 2 N–H and O–H groups in total. The highest BCUT2D eigenvalue weighted by atomic mass is 15.1. The highest BCUT2D eigenvalue weighted by molar-refractivity contribution is 6.17. The first-order chi connectivity index (χ1) is 18.8. The monoisotopic (exact) mass is 486 g/mol. The summed E-state index contributed by atoms with van der Waals surface area (Å²) < 4.78 is 0. The third-order valence-corrected chi connectivity index (χ3v) is 7.32. The van der Waals surface area contributed by atoms with Crippen LogP contribution in [0.25, 0.3) is 43.4 Å². The molecule has 0 bridgehead atoms. The molecule has 0 amide bonds. The van der Waals surface area contributed by atoms with E-state index in [1.807, 2.05) is 12.1 Å². The minimum Gasteiger partial charge on any atom is -0.398 e. The van der Waals surface area contributed by atoms with Gasteiger partial charge in [0.2, 0.25) is 0 Å². The van der Waals surface area contributed by atoms with Crippen LogP contribution in [0.4, 0.5) is 22.7 Å². The summed E-state index contributed by atoms with van der Waals surface area (Å²) in [6.07, 6.45) is 0. The fourth-order valence-corrected chi connectivity index (χ4v) is 5.58. The summed E-state index contributed by atoms with van der Waals surface area (Å²) in [4.78, 5) is 2.30. The van der Waals surface area contributed by atoms with E-state index in [1.165, 1.54) is 32.7 Å². The van der Waals surface area contributed by atoms with Crippen LogP contribution in [0, 0.1) is 0 Å². The lowest BCUT2D eigenvalue weighted by molar-refractivity contribution is 1.29. The van der Waals surface area contributed by atoms with Crippen LogP contribution in [0.1, 0.15) is 0 Å². The van der Waals surface area contributed by atoms with Crippen LogP contribution in [0.5, 0.6) is 0 Å². The van der Waals surface area contributed by atoms with Gasteiger partial charge in [-0.05, 0) is 92.7 Å². The molecule has 2 nitrogen and oxygen atoms in total. The summed E-state index contributed by atoms with van der Waals surface area (Å²) >= 11 is 0. The van der Waals surface area contributed by atoms with Crippen molar-refractivity contribution in [3.8, 4) is 11.1 Å². The molecule has 0 radical (unpaired) electrons. The van der Waals surface area contributed by atoms with E-state index >= 15 is 0 Å². The van der Waals surface area contributed by atoms with E-state index in [1.54, 1.807) is 0 Å². The number of nitrogens with two attached hydrogens (primary N) is 1. The van der Waals surface area contributed by atoms with Crippen molar-refractivity contribution < 1.29 is 0 Å². The van der Waals surface area contributed by atoms with E-state index in [0.29, 0.717) is 0 Å². The fourth-order valence-electron chi connectivity index (χ4n) is 5.58. The van der Waals surface area contributed by atoms with Gasteiger partial charge >= 0.3 is 0 Å². The molecular formula is C36H26N2. The van der Waals surface area contributed by atoms with Crippen LogP contribution < -0.4 is 10.6 Å². The number of anilines is 4. The van der Waals surface area contributed by atoms with E-state index in [9.17, 15) is 0 Å². The van der Waals surface area contributed by atoms with Gasteiger partial charge in [0.25, 0.3) is 0 Å². The molecule has 7 aromatic rings. The van der Waals surface area contributed by atoms with Gasteiger partial charge in [0.05, 0.1) is 0 Å². The number of hydrogen-bond donors (Lipinski definition) is 1. The summed E-state index contributed by atoms with van der Waals surface area (Å²) in [5.74, 6) is 0. The second-order valence-corrected chi connectivity index (χ2v) is 9.67. The molecule has 0 spiro atoms. The van der Waals surface area contributed by atoms with Crippen LogP contribution in [0.2, 0.25) is 0 Å². The Kier molecular flexibility index (Phi) is 5.30. The minimum absolute atomic E-state index is 0.806. The zero-order valence-corrected chi connectivity index (χ0v) is 20.9. The Bertz CT molecular complexity index is 1890. The highest BCUT2D eigenvalue weighted by Gasteiger charge is 2.15. The number of hydrogen-bond acceptors (Lipinski definition) is 2. The third kappa shape index (κ3) is 3.75. The lowest BCUT2D eigenvalue weighted by Crippen LogP contribution is -2.09. The summed E-state index contributed by atoms with van der Waals surface area (Å²) in [5.41, 5.74) is 13.1. The normalized spacial score (nSPS) is 11.3. The average Bonchev–Trinajstić information content (AvgIpc) is 2.97. The predicted octanol–water partition coefficient (Wildman–Crippen LogP) is 9.87. The van der Waals surface area contributed by atoms with E-state index in [0.717, 1.165) is 33.5 Å². The average molecular weight is 487 g/mol. The maximum absolute atomic E-state index is 6.56. The predicted molar refractivity (Wildman–Crippen MR) is 163 cm³/mol. The van der Waals surface area contributed by atoms with Crippen molar-refractivity contribution in [1.29, 1.82) is 0 Å². The minimum atomic E-state index is 0.806. The molecule has 0 heterocycles. The van der Waals surface area contributed by atoms with Crippen LogP contribution in [-0.2, 0) is 0 Å². The first kappa shape index (κ1) is 22.1. The van der Waals surface area contributed by atoms with Crippen LogP contribution in [-0.4, -0.2) is 0 Å². The van der Waals surface area contributed by atoms with E-state index in [4.69, 9.17) is 5.73 Å². The Morgan fingerprint density at radius 2 is 1.05 bits per heavy atom. The topological polar surface area (TPSA) is 29.3 Å². The molecule has 0 aliphatic carbocycles. The van der Waals surface area contributed by atoms with Crippen molar-refractivity contribution in [1.82, 2.24) is 0 Å². The molecule has 2 heteroatoms. The van der Waals surface area contributed by atoms with Gasteiger partial charge < -0.3 is 10.6 Å². The number of fused-ring (bicyclic) bond motifs is 3. The zero-order valence-electron chi connectivity index (χ0n) is 20.9. The Hall–Kier alpha value is -5.08. The molecule has 0 aliphatic heterocycles. The lowest BCUT2D eigenvalue weighted by Gasteiger charge is -2.25. The quantitative estimate of drug-likeness (QED) is 0.198. The van der Waals surface area contributed by atoms with Gasteiger partial charge in [0, 0.05) is 28.1 Å². The molecular weight excluding hydrogens is 460 g/mol. The zero-order chi connectivity index (χ0) is 25.5. The second kappa shape index (κ2) is 9.10. The molecule has 0 aromatic heterocycles. The molecule has 0 unspecified atom stereocenters. The van der Waals surface area contributed by atoms with Gasteiger partial charge in [-0.25, -0.2) is 0 Å². The third-order valence-electron chi connectivity index (χ3n) is 7.32. The first-order valence-electron chi connectivity index (χ1n) is 12.9. The Morgan fingerprint density at radius 1 is 0.421 bits per heavy atom. The van der Waals surface area contributed by atoms with Crippen molar-refractivity contribution in [2.24, 2.45) is 0 Å². The molecule has 0 atom stereocenters. The van der Waals surface area contributed by atoms with E-state index in [2.05, 4.69) is 138 Å². The standard InChI is InChI=1S/C36H26N2/c37-34-17-9-11-28-23-27-10-7-8-16-33(27)35(36(28)34)29-19-18-26-24-32(21-20-25(26)22-29)38(30-12-3-1-4-13-30)31-14-5-2-6-15-31/h1-24H,37H2. The Labute approximate surface area is 222 Å². The van der Waals surface area contributed by atoms with Crippen LogP contribution in [0.3, 0.4) is 0 Å². The van der Waals surface area contributed by atoms with E-state index in [-0.39, 0.29) is 0 Å². The molecule has 180 valence electrons. The lowest BCUT2D eigenvalue weighted by atomic mass is 9.90. The number of nitrogens with zero attached hydrogens (tertiary/aromatic N) is 1. The van der Waals surface area contributed by atoms with Gasteiger partial charge in [-0.3, -0.25) is 0 Å². The van der Waals surface area contributed by atoms with Crippen molar-refractivity contribution in [3.05, 3.63) is 146 Å². The Balaban J connectivity index is 1.41. The number of para-hydroxylation sites is 2. The van der Waals surface area contributed by atoms with Crippen molar-refractivity contribution in [2.75, 3.05) is 10.6 Å². The SMILES string of the molecule is Nc1cccc2cc3ccccc3c(-c3ccc4cc(N(c5ccccc5)c5ccccc5)ccc4c3)c12. The Morgan fingerprint density at radius 3 is 1.82 bits per heavy atom. The highest BCUT2D eigenvalue weighted by Crippen LogP contribution is 2.41. The van der Waals surface area contributed by atoms with Gasteiger partial charge in [-0.2, -0.15) is 0 Å². The summed E-state index contributed by atoms with van der Waals surface area (Å²) in [6.45, 7) is 0. The molecule has 7 rings (SSSR count). The van der Waals surface area contributed by atoms with E-state index < -0.39 is 0 Å². The number of benzene rings is 7. The molecule has 38 heavy (non-hydrogen) atoms. The van der Waals surface area contributed by atoms with Crippen molar-refractivity contribution >= 4 is 55.1 Å². The molecule has 0 saturated carbocycles. The van der Waals surface area contributed by atoms with Crippen LogP contribution >= 0.6 is 0 Å². The number of nitrogen functional groups attached to an aromatic ring is 1. The number of rotatable bonds is 4. The molecule has 0 saturated heterocycles. The summed E-state index contributed by atoms with van der Waals surface area (Å²) in [7, 11) is 0. The molecule has 0 fully saturated rings. The van der Waals surface area contributed by atoms with Gasteiger partial charge in [0.15, 0.2) is 0 Å². The van der Waals surface area contributed by atoms with Gasteiger partial charge in [-0.15, -0.1) is 0 Å². The fraction of sp³-hybridized carbons (Fsp3) is 0. The molecule has 7 aromatic carbocycles. The molecule has 0 aliphatic rings.